The molecule has 0 aliphatic heterocycles. The van der Waals surface area contributed by atoms with Crippen molar-refractivity contribution in [2.24, 2.45) is 0 Å². The Bertz CT molecular complexity index is 239. The maximum absolute atomic E-state index is 5.77. The Kier molecular flexibility index (Phi) is 2.51. The molecule has 2 nitrogen and oxygen atoms in total. The van der Waals surface area contributed by atoms with Crippen molar-refractivity contribution in [2.75, 3.05) is 12.4 Å². The van der Waals surface area contributed by atoms with Crippen molar-refractivity contribution in [3.05, 3.63) is 21.8 Å². The lowest BCUT2D eigenvalue weighted by molar-refractivity contribution is 1.27. The summed E-state index contributed by atoms with van der Waals surface area (Å²) in [6, 6.07) is 1.79. The molecule has 10 heavy (non-hydrogen) atoms. The molecule has 0 aliphatic carbocycles. The van der Waals surface area contributed by atoms with Crippen molar-refractivity contribution in [1.29, 1.82) is 0 Å². The first kappa shape index (κ1) is 7.82. The highest BCUT2D eigenvalue weighted by molar-refractivity contribution is 9.10. The summed E-state index contributed by atoms with van der Waals surface area (Å²) in [5.41, 5.74) is 0. The molecule has 0 saturated carbocycles. The molecule has 1 N–H and O–H groups in total. The molecule has 0 spiro atoms. The quantitative estimate of drug-likeness (QED) is 0.788. The van der Waals surface area contributed by atoms with Gasteiger partial charge in [-0.2, -0.15) is 0 Å². The number of aromatic nitrogens is 1. The van der Waals surface area contributed by atoms with E-state index >= 15 is 0 Å². The van der Waals surface area contributed by atoms with E-state index in [0.29, 0.717) is 10.8 Å². The monoisotopic (exact) mass is 220 g/mol. The molecule has 1 heterocycles. The molecule has 0 bridgehead atoms. The highest BCUT2D eigenvalue weighted by atomic mass is 79.9. The molecule has 0 fully saturated rings. The van der Waals surface area contributed by atoms with Crippen LogP contribution in [0.5, 0.6) is 0 Å². The first-order chi connectivity index (χ1) is 4.74. The van der Waals surface area contributed by atoms with Crippen LogP contribution in [0.2, 0.25) is 5.02 Å². The Balaban J connectivity index is 3.07. The average Bonchev–Trinajstić information content (AvgIpc) is 1.88. The van der Waals surface area contributed by atoms with E-state index in [9.17, 15) is 0 Å². The zero-order valence-electron chi connectivity index (χ0n) is 5.36. The van der Waals surface area contributed by atoms with Gasteiger partial charge in [0.2, 0.25) is 0 Å². The summed E-state index contributed by atoms with van der Waals surface area (Å²) in [5.74, 6) is 0.699. The van der Waals surface area contributed by atoms with Crippen LogP contribution in [0.25, 0.3) is 0 Å². The van der Waals surface area contributed by atoms with Gasteiger partial charge in [0.05, 0.1) is 5.02 Å². The van der Waals surface area contributed by atoms with Crippen molar-refractivity contribution >= 4 is 33.3 Å². The fraction of sp³-hybridized carbons (Fsp3) is 0.167. The molecule has 0 aromatic carbocycles. The summed E-state index contributed by atoms with van der Waals surface area (Å²) in [5, 5.41) is 3.48. The zero-order valence-corrected chi connectivity index (χ0v) is 7.70. The largest absolute Gasteiger partial charge is 0.372 e. The normalized spacial score (nSPS) is 9.50. The zero-order chi connectivity index (χ0) is 7.56. The fourth-order valence-corrected chi connectivity index (χ4v) is 1.32. The van der Waals surface area contributed by atoms with Gasteiger partial charge in [0.15, 0.2) is 0 Å². The van der Waals surface area contributed by atoms with Crippen molar-refractivity contribution in [1.82, 2.24) is 4.98 Å². The average molecular weight is 221 g/mol. The molecule has 0 aliphatic rings. The fourth-order valence-electron chi connectivity index (χ4n) is 0.599. The molecule has 4 heteroatoms. The maximum Gasteiger partial charge on any atom is 0.144 e. The number of pyridine rings is 1. The van der Waals surface area contributed by atoms with Gasteiger partial charge < -0.3 is 5.32 Å². The number of hydrogen-bond donors (Lipinski definition) is 1. The minimum absolute atomic E-state index is 0.622. The van der Waals surface area contributed by atoms with Crippen molar-refractivity contribution in [2.45, 2.75) is 0 Å². The predicted octanol–water partition coefficient (Wildman–Crippen LogP) is 2.54. The van der Waals surface area contributed by atoms with Gasteiger partial charge >= 0.3 is 0 Å². The summed E-state index contributed by atoms with van der Waals surface area (Å²) < 4.78 is 0.886. The molecule has 0 atom stereocenters. The molecule has 0 radical (unpaired) electrons. The highest BCUT2D eigenvalue weighted by Gasteiger charge is 1.97. The van der Waals surface area contributed by atoms with Crippen LogP contribution in [0.1, 0.15) is 0 Å². The van der Waals surface area contributed by atoms with E-state index in [1.54, 1.807) is 19.3 Å². The lowest BCUT2D eigenvalue weighted by atomic mass is 10.5. The Morgan fingerprint density at radius 2 is 2.40 bits per heavy atom. The van der Waals surface area contributed by atoms with Crippen LogP contribution in [0.15, 0.2) is 16.7 Å². The number of nitrogens with one attached hydrogen (secondary N) is 1. The highest BCUT2D eigenvalue weighted by Crippen LogP contribution is 2.21. The van der Waals surface area contributed by atoms with Crippen LogP contribution in [0.4, 0.5) is 5.82 Å². The molecule has 1 rings (SSSR count). The number of nitrogens with zero attached hydrogens (tertiary/aromatic N) is 1. The third kappa shape index (κ3) is 1.61. The molecule has 0 amide bonds. The van der Waals surface area contributed by atoms with Gasteiger partial charge in [-0.1, -0.05) is 11.6 Å². The van der Waals surface area contributed by atoms with E-state index < -0.39 is 0 Å². The van der Waals surface area contributed by atoms with E-state index in [2.05, 4.69) is 26.2 Å². The van der Waals surface area contributed by atoms with Crippen LogP contribution in [-0.4, -0.2) is 12.0 Å². The van der Waals surface area contributed by atoms with E-state index in [1.807, 2.05) is 0 Å². The number of rotatable bonds is 1. The van der Waals surface area contributed by atoms with Crippen LogP contribution in [0.3, 0.4) is 0 Å². The van der Waals surface area contributed by atoms with Gasteiger partial charge in [0, 0.05) is 17.7 Å². The van der Waals surface area contributed by atoms with Gasteiger partial charge in [-0.15, -0.1) is 0 Å². The van der Waals surface area contributed by atoms with Crippen LogP contribution >= 0.6 is 27.5 Å². The molecular formula is C6H6BrClN2. The predicted molar refractivity (Wildman–Crippen MR) is 46.5 cm³/mol. The standard InChI is InChI=1S/C6H6BrClN2/c1-9-6-5(8)2-4(7)3-10-6/h2-3H,1H3,(H,9,10). The van der Waals surface area contributed by atoms with Crippen molar-refractivity contribution in [3.63, 3.8) is 0 Å². The number of halogens is 2. The second kappa shape index (κ2) is 3.21. The Morgan fingerprint density at radius 3 is 2.90 bits per heavy atom. The molecular weight excluding hydrogens is 215 g/mol. The van der Waals surface area contributed by atoms with Gasteiger partial charge in [0.25, 0.3) is 0 Å². The van der Waals surface area contributed by atoms with E-state index in [-0.39, 0.29) is 0 Å². The van der Waals surface area contributed by atoms with E-state index in [1.165, 1.54) is 0 Å². The summed E-state index contributed by atoms with van der Waals surface area (Å²) in [6.07, 6.45) is 1.69. The lowest BCUT2D eigenvalue weighted by Crippen LogP contribution is -1.91. The van der Waals surface area contributed by atoms with E-state index in [0.717, 1.165) is 4.47 Å². The van der Waals surface area contributed by atoms with Crippen molar-refractivity contribution < 1.29 is 0 Å². The van der Waals surface area contributed by atoms with Crippen LogP contribution < -0.4 is 5.32 Å². The van der Waals surface area contributed by atoms with Gasteiger partial charge in [0.1, 0.15) is 5.82 Å². The molecule has 0 unspecified atom stereocenters. The Labute approximate surface area is 72.7 Å². The lowest BCUT2D eigenvalue weighted by Gasteiger charge is -2.00. The molecule has 0 saturated heterocycles. The molecule has 1 aromatic rings. The minimum Gasteiger partial charge on any atom is -0.372 e. The van der Waals surface area contributed by atoms with Gasteiger partial charge in [-0.3, -0.25) is 0 Å². The summed E-state index contributed by atoms with van der Waals surface area (Å²) in [6.45, 7) is 0. The van der Waals surface area contributed by atoms with E-state index in [4.69, 9.17) is 11.6 Å². The third-order valence-electron chi connectivity index (χ3n) is 1.04. The number of anilines is 1. The van der Waals surface area contributed by atoms with Crippen molar-refractivity contribution in [3.8, 4) is 0 Å². The summed E-state index contributed by atoms with van der Waals surface area (Å²) in [7, 11) is 1.78. The SMILES string of the molecule is CNc1ncc(Br)cc1Cl. The molecule has 54 valence electrons. The van der Waals surface area contributed by atoms with Gasteiger partial charge in [-0.25, -0.2) is 4.98 Å². The second-order valence-corrected chi connectivity index (χ2v) is 3.06. The number of hydrogen-bond acceptors (Lipinski definition) is 2. The topological polar surface area (TPSA) is 24.9 Å². The first-order valence-corrected chi connectivity index (χ1v) is 3.90. The Morgan fingerprint density at radius 1 is 1.70 bits per heavy atom. The first-order valence-electron chi connectivity index (χ1n) is 2.73. The smallest absolute Gasteiger partial charge is 0.144 e. The second-order valence-electron chi connectivity index (χ2n) is 1.73. The summed E-state index contributed by atoms with van der Waals surface area (Å²) >= 11 is 9.03. The van der Waals surface area contributed by atoms with Crippen LogP contribution in [-0.2, 0) is 0 Å². The Hall–Kier alpha value is -0.280. The van der Waals surface area contributed by atoms with Crippen LogP contribution in [0, 0.1) is 0 Å². The third-order valence-corrected chi connectivity index (χ3v) is 1.77. The summed E-state index contributed by atoms with van der Waals surface area (Å²) in [4.78, 5) is 4.01. The maximum atomic E-state index is 5.77. The minimum atomic E-state index is 0.622. The molecule has 1 aromatic heterocycles. The van der Waals surface area contributed by atoms with Gasteiger partial charge in [-0.05, 0) is 22.0 Å².